The largest absolute Gasteiger partial charge is 0.466 e. The van der Waals surface area contributed by atoms with Gasteiger partial charge in [-0.2, -0.15) is 0 Å². The van der Waals surface area contributed by atoms with Crippen LogP contribution in [0.25, 0.3) is 11.0 Å². The van der Waals surface area contributed by atoms with Crippen molar-refractivity contribution in [3.8, 4) is 0 Å². The van der Waals surface area contributed by atoms with Crippen LogP contribution in [0.5, 0.6) is 0 Å². The van der Waals surface area contributed by atoms with Gasteiger partial charge in [-0.3, -0.25) is 9.69 Å². The third kappa shape index (κ3) is 5.66. The molecule has 1 unspecified atom stereocenters. The number of carbonyl (C=O) groups is 1. The average molecular weight is 376 g/mol. The molecule has 0 radical (unpaired) electrons. The fourth-order valence-corrected chi connectivity index (χ4v) is 3.26. The highest BCUT2D eigenvalue weighted by Crippen LogP contribution is 2.16. The number of anilines is 1. The van der Waals surface area contributed by atoms with Crippen LogP contribution in [0, 0.1) is 0 Å². The maximum atomic E-state index is 11.6. The van der Waals surface area contributed by atoms with Gasteiger partial charge in [0.25, 0.3) is 0 Å². The highest BCUT2D eigenvalue weighted by molar-refractivity contribution is 5.78. The molecule has 0 saturated carbocycles. The summed E-state index contributed by atoms with van der Waals surface area (Å²) in [4.78, 5) is 21.6. The normalized spacial score (nSPS) is 17.9. The Morgan fingerprint density at radius 3 is 3.22 bits per heavy atom. The third-order valence-electron chi connectivity index (χ3n) is 4.59. The zero-order valence-corrected chi connectivity index (χ0v) is 15.7. The lowest BCUT2D eigenvalue weighted by atomic mass is 10.2. The number of aromatic nitrogens is 2. The Kier molecular flexibility index (Phi) is 7.03. The van der Waals surface area contributed by atoms with Crippen molar-refractivity contribution in [3.63, 3.8) is 0 Å². The van der Waals surface area contributed by atoms with Crippen molar-refractivity contribution in [2.45, 2.75) is 32.5 Å². The van der Waals surface area contributed by atoms with Crippen molar-refractivity contribution >= 4 is 23.0 Å². The number of nitrogens with zero attached hydrogens (tertiary/aromatic N) is 2. The Labute approximate surface area is 158 Å². The van der Waals surface area contributed by atoms with Gasteiger partial charge in [0.05, 0.1) is 43.4 Å². The van der Waals surface area contributed by atoms with Crippen molar-refractivity contribution < 1.29 is 19.4 Å². The molecule has 0 bridgehead atoms. The number of hydrogen-bond donors (Lipinski definition) is 3. The first kappa shape index (κ1) is 19.6. The molecule has 2 aromatic rings. The number of aliphatic hydroxyl groups excluding tert-OH is 1. The van der Waals surface area contributed by atoms with Crippen molar-refractivity contribution in [1.29, 1.82) is 0 Å². The van der Waals surface area contributed by atoms with Crippen LogP contribution in [0.1, 0.15) is 25.3 Å². The average Bonchev–Trinajstić information content (AvgIpc) is 3.07. The first-order chi connectivity index (χ1) is 13.2. The van der Waals surface area contributed by atoms with Crippen LogP contribution in [0.3, 0.4) is 0 Å². The maximum absolute atomic E-state index is 11.6. The summed E-state index contributed by atoms with van der Waals surface area (Å²) in [5.74, 6) is 0.544. The second-order valence-corrected chi connectivity index (χ2v) is 6.68. The molecule has 1 saturated heterocycles. The second-order valence-electron chi connectivity index (χ2n) is 6.68. The number of esters is 1. The Bertz CT molecular complexity index is 748. The molecule has 8 nitrogen and oxygen atoms in total. The molecule has 2 heterocycles. The Morgan fingerprint density at radius 2 is 2.41 bits per heavy atom. The van der Waals surface area contributed by atoms with Crippen molar-refractivity contribution in [2.75, 3.05) is 44.7 Å². The molecule has 1 aromatic heterocycles. The van der Waals surface area contributed by atoms with Gasteiger partial charge in [0, 0.05) is 26.2 Å². The summed E-state index contributed by atoms with van der Waals surface area (Å²) in [6.07, 6.45) is 1.20. The quantitative estimate of drug-likeness (QED) is 0.451. The number of carbonyl (C=O) groups excluding carboxylic acids is 1. The predicted molar refractivity (Wildman–Crippen MR) is 103 cm³/mol. The molecule has 8 heteroatoms. The lowest BCUT2D eigenvalue weighted by molar-refractivity contribution is -0.148. The van der Waals surface area contributed by atoms with E-state index in [0.29, 0.717) is 19.6 Å². The molecule has 1 atom stereocenters. The van der Waals surface area contributed by atoms with Gasteiger partial charge in [0.1, 0.15) is 0 Å². The van der Waals surface area contributed by atoms with E-state index in [2.05, 4.69) is 20.2 Å². The van der Waals surface area contributed by atoms with Gasteiger partial charge in [0.15, 0.2) is 0 Å². The molecule has 1 aliphatic rings. The molecule has 27 heavy (non-hydrogen) atoms. The summed E-state index contributed by atoms with van der Waals surface area (Å²) < 4.78 is 10.7. The molecule has 0 amide bonds. The molecule has 1 aromatic carbocycles. The van der Waals surface area contributed by atoms with Gasteiger partial charge >= 0.3 is 5.97 Å². The van der Waals surface area contributed by atoms with Crippen molar-refractivity contribution in [3.05, 3.63) is 23.8 Å². The number of rotatable bonds is 9. The minimum absolute atomic E-state index is 0.0223. The summed E-state index contributed by atoms with van der Waals surface area (Å²) >= 11 is 0. The number of benzene rings is 1. The Morgan fingerprint density at radius 1 is 1.52 bits per heavy atom. The monoisotopic (exact) mass is 376 g/mol. The lowest BCUT2D eigenvalue weighted by Crippen LogP contribution is -2.44. The molecule has 0 aliphatic carbocycles. The van der Waals surface area contributed by atoms with Crippen molar-refractivity contribution in [1.82, 2.24) is 14.9 Å². The fourth-order valence-electron chi connectivity index (χ4n) is 3.26. The van der Waals surface area contributed by atoms with E-state index in [-0.39, 0.29) is 18.7 Å². The number of aromatic amines is 1. The van der Waals surface area contributed by atoms with Gasteiger partial charge in [-0.15, -0.1) is 0 Å². The van der Waals surface area contributed by atoms with Crippen LogP contribution in [0.2, 0.25) is 0 Å². The molecule has 148 valence electrons. The SMILES string of the molecule is CCOC(=O)CC1CN(CCCNc2nc3ccc(CO)cc3[nH]2)CCO1. The highest BCUT2D eigenvalue weighted by atomic mass is 16.5. The van der Waals surface area contributed by atoms with E-state index in [0.717, 1.165) is 55.1 Å². The minimum atomic E-state index is -0.194. The summed E-state index contributed by atoms with van der Waals surface area (Å²) in [5.41, 5.74) is 2.66. The minimum Gasteiger partial charge on any atom is -0.466 e. The van der Waals surface area contributed by atoms with E-state index in [4.69, 9.17) is 9.47 Å². The third-order valence-corrected chi connectivity index (χ3v) is 4.59. The van der Waals surface area contributed by atoms with Crippen LogP contribution in [-0.2, 0) is 20.9 Å². The molecule has 1 aliphatic heterocycles. The molecule has 0 spiro atoms. The number of H-pyrrole nitrogens is 1. The van der Waals surface area contributed by atoms with E-state index in [1.54, 1.807) is 0 Å². The number of ether oxygens (including phenoxy) is 2. The predicted octanol–water partition coefficient (Wildman–Crippen LogP) is 1.51. The zero-order chi connectivity index (χ0) is 19.1. The number of fused-ring (bicyclic) bond motifs is 1. The van der Waals surface area contributed by atoms with Gasteiger partial charge in [-0.25, -0.2) is 4.98 Å². The summed E-state index contributed by atoms with van der Waals surface area (Å²) in [5, 5.41) is 12.5. The Balaban J connectivity index is 1.40. The van der Waals surface area contributed by atoms with Gasteiger partial charge < -0.3 is 24.9 Å². The summed E-state index contributed by atoms with van der Waals surface area (Å²) in [7, 11) is 0. The topological polar surface area (TPSA) is 99.7 Å². The fraction of sp³-hybridized carbons (Fsp3) is 0.579. The summed E-state index contributed by atoms with van der Waals surface area (Å²) in [6.45, 7) is 6.26. The number of aliphatic hydroxyl groups is 1. The van der Waals surface area contributed by atoms with Crippen LogP contribution >= 0.6 is 0 Å². The van der Waals surface area contributed by atoms with E-state index < -0.39 is 0 Å². The Hall–Kier alpha value is -2.16. The first-order valence-corrected chi connectivity index (χ1v) is 9.51. The van der Waals surface area contributed by atoms with Crippen LogP contribution in [0.15, 0.2) is 18.2 Å². The van der Waals surface area contributed by atoms with E-state index in [1.807, 2.05) is 25.1 Å². The van der Waals surface area contributed by atoms with Crippen LogP contribution in [-0.4, -0.2) is 71.4 Å². The zero-order valence-electron chi connectivity index (χ0n) is 15.7. The number of hydrogen-bond acceptors (Lipinski definition) is 7. The number of nitrogens with one attached hydrogen (secondary N) is 2. The standard InChI is InChI=1S/C19H28N4O4/c1-2-26-18(25)11-15-12-23(8-9-27-15)7-3-6-20-19-21-16-5-4-14(13-24)10-17(16)22-19/h4-5,10,15,24H,2-3,6-9,11-13H2,1H3,(H2,20,21,22). The van der Waals surface area contributed by atoms with E-state index in [1.165, 1.54) is 0 Å². The molecule has 3 rings (SSSR count). The maximum Gasteiger partial charge on any atom is 0.308 e. The van der Waals surface area contributed by atoms with E-state index >= 15 is 0 Å². The second kappa shape index (κ2) is 9.68. The van der Waals surface area contributed by atoms with Gasteiger partial charge in [0.2, 0.25) is 5.95 Å². The smallest absolute Gasteiger partial charge is 0.308 e. The lowest BCUT2D eigenvalue weighted by Gasteiger charge is -2.32. The van der Waals surface area contributed by atoms with Crippen LogP contribution < -0.4 is 5.32 Å². The molecule has 1 fully saturated rings. The first-order valence-electron chi connectivity index (χ1n) is 9.51. The number of imidazole rings is 1. The number of morpholine rings is 1. The van der Waals surface area contributed by atoms with Crippen LogP contribution in [0.4, 0.5) is 5.95 Å². The van der Waals surface area contributed by atoms with Gasteiger partial charge in [-0.1, -0.05) is 6.07 Å². The summed E-state index contributed by atoms with van der Waals surface area (Å²) in [6, 6.07) is 5.68. The highest BCUT2D eigenvalue weighted by Gasteiger charge is 2.23. The van der Waals surface area contributed by atoms with Crippen molar-refractivity contribution in [2.24, 2.45) is 0 Å². The molecule has 3 N–H and O–H groups in total. The molecular weight excluding hydrogens is 348 g/mol. The van der Waals surface area contributed by atoms with E-state index in [9.17, 15) is 9.90 Å². The van der Waals surface area contributed by atoms with Gasteiger partial charge in [-0.05, 0) is 31.0 Å². The molecular formula is C19H28N4O4.